The molecule has 6 nitrogen and oxygen atoms in total. The molecule has 0 aromatic heterocycles. The van der Waals surface area contributed by atoms with Crippen molar-refractivity contribution < 1.29 is 19.1 Å². The van der Waals surface area contributed by atoms with E-state index in [-0.39, 0.29) is 29.8 Å². The van der Waals surface area contributed by atoms with E-state index in [9.17, 15) is 9.59 Å². The zero-order valence-corrected chi connectivity index (χ0v) is 15.7. The third kappa shape index (κ3) is 3.55. The number of carbonyl (C=O) groups excluding carboxylic acids is 2. The largest absolute Gasteiger partial charge is 0.486 e. The highest BCUT2D eigenvalue weighted by molar-refractivity contribution is 6.44. The van der Waals surface area contributed by atoms with E-state index in [0.717, 1.165) is 0 Å². The van der Waals surface area contributed by atoms with Gasteiger partial charge in [-0.3, -0.25) is 9.59 Å². The fraction of sp³-hybridized carbons (Fsp3) is 0.263. The van der Waals surface area contributed by atoms with Gasteiger partial charge in [-0.1, -0.05) is 29.3 Å². The zero-order valence-electron chi connectivity index (χ0n) is 14.2. The van der Waals surface area contributed by atoms with Crippen LogP contribution in [0.15, 0.2) is 36.4 Å². The van der Waals surface area contributed by atoms with Crippen molar-refractivity contribution in [3.63, 3.8) is 0 Å². The molecule has 2 aromatic rings. The monoisotopic (exact) mass is 406 g/mol. The number of benzene rings is 2. The summed E-state index contributed by atoms with van der Waals surface area (Å²) in [7, 11) is 0. The number of amides is 2. The summed E-state index contributed by atoms with van der Waals surface area (Å²) >= 11 is 12.1. The molecule has 0 saturated carbocycles. The summed E-state index contributed by atoms with van der Waals surface area (Å²) in [6.45, 7) is 1.25. The summed E-state index contributed by atoms with van der Waals surface area (Å²) in [6.07, 6.45) is 0.123. The standard InChI is InChI=1S/C19H16Cl2N2O4/c20-13-2-1-3-14(18(13)21)22-19(25)11-8-17(24)23(10-11)12-4-5-15-16(9-12)27-7-6-26-15/h1-5,9,11H,6-8,10H2,(H,22,25)/t11-/m0/s1. The molecule has 1 N–H and O–H groups in total. The summed E-state index contributed by atoms with van der Waals surface area (Å²) in [5.74, 6) is 0.379. The van der Waals surface area contributed by atoms with Crippen molar-refractivity contribution in [2.75, 3.05) is 30.0 Å². The average Bonchev–Trinajstić information content (AvgIpc) is 3.07. The third-order valence-corrected chi connectivity index (χ3v) is 5.36. The van der Waals surface area contributed by atoms with E-state index < -0.39 is 5.92 Å². The second-order valence-corrected chi connectivity index (χ2v) is 7.11. The van der Waals surface area contributed by atoms with Crippen LogP contribution in [0.3, 0.4) is 0 Å². The molecular weight excluding hydrogens is 391 g/mol. The molecule has 0 unspecified atom stereocenters. The van der Waals surface area contributed by atoms with Crippen LogP contribution < -0.4 is 19.7 Å². The fourth-order valence-electron chi connectivity index (χ4n) is 3.17. The molecule has 0 aliphatic carbocycles. The van der Waals surface area contributed by atoms with E-state index in [1.54, 1.807) is 41.3 Å². The normalized spacial score (nSPS) is 18.5. The number of hydrogen-bond acceptors (Lipinski definition) is 4. The van der Waals surface area contributed by atoms with Crippen molar-refractivity contribution >= 4 is 46.4 Å². The Hall–Kier alpha value is -2.44. The molecule has 4 rings (SSSR count). The maximum absolute atomic E-state index is 12.6. The average molecular weight is 407 g/mol. The van der Waals surface area contributed by atoms with Crippen LogP contribution in [0, 0.1) is 5.92 Å². The van der Waals surface area contributed by atoms with E-state index >= 15 is 0 Å². The van der Waals surface area contributed by atoms with Crippen molar-refractivity contribution in [2.45, 2.75) is 6.42 Å². The van der Waals surface area contributed by atoms with Gasteiger partial charge in [-0.25, -0.2) is 0 Å². The lowest BCUT2D eigenvalue weighted by atomic mass is 10.1. The molecule has 0 bridgehead atoms. The summed E-state index contributed by atoms with van der Waals surface area (Å²) in [4.78, 5) is 26.6. The van der Waals surface area contributed by atoms with Crippen molar-refractivity contribution in [3.05, 3.63) is 46.4 Å². The fourth-order valence-corrected chi connectivity index (χ4v) is 3.52. The Kier molecular flexibility index (Phi) is 4.85. The van der Waals surface area contributed by atoms with E-state index in [1.807, 2.05) is 0 Å². The SMILES string of the molecule is O=C(Nc1cccc(Cl)c1Cl)[C@H]1CC(=O)N(c2ccc3c(c2)OCCO3)C1. The number of rotatable bonds is 3. The van der Waals surface area contributed by atoms with Gasteiger partial charge in [-0.15, -0.1) is 0 Å². The maximum Gasteiger partial charge on any atom is 0.229 e. The number of hydrogen-bond donors (Lipinski definition) is 1. The van der Waals surface area contributed by atoms with Gasteiger partial charge in [0, 0.05) is 24.7 Å². The van der Waals surface area contributed by atoms with Crippen LogP contribution in [0.25, 0.3) is 0 Å². The molecule has 8 heteroatoms. The molecular formula is C19H16Cl2N2O4. The molecule has 1 atom stereocenters. The Balaban J connectivity index is 1.49. The van der Waals surface area contributed by atoms with Gasteiger partial charge in [0.1, 0.15) is 13.2 Å². The van der Waals surface area contributed by atoms with Crippen LogP contribution >= 0.6 is 23.2 Å². The number of nitrogens with zero attached hydrogens (tertiary/aromatic N) is 1. The van der Waals surface area contributed by atoms with Crippen LogP contribution in [-0.4, -0.2) is 31.6 Å². The molecule has 140 valence electrons. The Morgan fingerprint density at radius 2 is 1.89 bits per heavy atom. The van der Waals surface area contributed by atoms with Gasteiger partial charge in [0.05, 0.1) is 21.7 Å². The van der Waals surface area contributed by atoms with Gasteiger partial charge >= 0.3 is 0 Å². The molecule has 27 heavy (non-hydrogen) atoms. The zero-order chi connectivity index (χ0) is 19.0. The predicted molar refractivity (Wildman–Crippen MR) is 103 cm³/mol. The Bertz CT molecular complexity index is 919. The third-order valence-electron chi connectivity index (χ3n) is 4.54. The lowest BCUT2D eigenvalue weighted by Gasteiger charge is -2.22. The smallest absolute Gasteiger partial charge is 0.229 e. The topological polar surface area (TPSA) is 67.9 Å². The highest BCUT2D eigenvalue weighted by atomic mass is 35.5. The molecule has 2 aromatic carbocycles. The van der Waals surface area contributed by atoms with Crippen LogP contribution in [-0.2, 0) is 9.59 Å². The summed E-state index contributed by atoms with van der Waals surface area (Å²) in [5, 5.41) is 3.39. The van der Waals surface area contributed by atoms with Crippen molar-refractivity contribution in [2.24, 2.45) is 5.92 Å². The van der Waals surface area contributed by atoms with E-state index in [0.29, 0.717) is 41.1 Å². The van der Waals surface area contributed by atoms with Crippen molar-refractivity contribution in [1.82, 2.24) is 0 Å². The van der Waals surface area contributed by atoms with Crippen molar-refractivity contribution in [3.8, 4) is 11.5 Å². The number of ether oxygens (including phenoxy) is 2. The number of nitrogens with one attached hydrogen (secondary N) is 1. The Morgan fingerprint density at radius 3 is 2.70 bits per heavy atom. The first kappa shape index (κ1) is 17.9. The number of fused-ring (bicyclic) bond motifs is 1. The number of anilines is 2. The van der Waals surface area contributed by atoms with Crippen LogP contribution in [0.1, 0.15) is 6.42 Å². The first-order valence-electron chi connectivity index (χ1n) is 8.48. The summed E-state index contributed by atoms with van der Waals surface area (Å²) in [6, 6.07) is 10.3. The van der Waals surface area contributed by atoms with Crippen LogP contribution in [0.4, 0.5) is 11.4 Å². The van der Waals surface area contributed by atoms with Crippen molar-refractivity contribution in [1.29, 1.82) is 0 Å². The van der Waals surface area contributed by atoms with E-state index in [4.69, 9.17) is 32.7 Å². The lowest BCUT2D eigenvalue weighted by Crippen LogP contribution is -2.28. The van der Waals surface area contributed by atoms with E-state index in [1.165, 1.54) is 0 Å². The second-order valence-electron chi connectivity index (χ2n) is 6.32. The lowest BCUT2D eigenvalue weighted by molar-refractivity contribution is -0.122. The summed E-state index contributed by atoms with van der Waals surface area (Å²) in [5.41, 5.74) is 1.11. The predicted octanol–water partition coefficient (Wildman–Crippen LogP) is 3.76. The van der Waals surface area contributed by atoms with Crippen LogP contribution in [0.5, 0.6) is 11.5 Å². The van der Waals surface area contributed by atoms with Gasteiger partial charge in [0.15, 0.2) is 11.5 Å². The molecule has 1 saturated heterocycles. The maximum atomic E-state index is 12.6. The first-order chi connectivity index (χ1) is 13.0. The van der Waals surface area contributed by atoms with Crippen LogP contribution in [0.2, 0.25) is 10.0 Å². The second kappa shape index (κ2) is 7.29. The molecule has 1 fully saturated rings. The van der Waals surface area contributed by atoms with Gasteiger partial charge < -0.3 is 19.7 Å². The first-order valence-corrected chi connectivity index (χ1v) is 9.23. The number of carbonyl (C=O) groups is 2. The molecule has 0 radical (unpaired) electrons. The molecule has 2 aliphatic heterocycles. The molecule has 0 spiro atoms. The number of halogens is 2. The quantitative estimate of drug-likeness (QED) is 0.842. The molecule has 2 aliphatic rings. The van der Waals surface area contributed by atoms with Gasteiger partial charge in [-0.05, 0) is 24.3 Å². The minimum atomic E-state index is -0.485. The minimum Gasteiger partial charge on any atom is -0.486 e. The molecule has 2 amide bonds. The van der Waals surface area contributed by atoms with Gasteiger partial charge in [0.25, 0.3) is 0 Å². The molecule has 2 heterocycles. The van der Waals surface area contributed by atoms with Gasteiger partial charge in [0.2, 0.25) is 11.8 Å². The van der Waals surface area contributed by atoms with E-state index in [2.05, 4.69) is 5.32 Å². The Morgan fingerprint density at radius 1 is 1.11 bits per heavy atom. The highest BCUT2D eigenvalue weighted by Gasteiger charge is 2.35. The highest BCUT2D eigenvalue weighted by Crippen LogP contribution is 2.36. The Labute approximate surface area is 165 Å². The van der Waals surface area contributed by atoms with Gasteiger partial charge in [-0.2, -0.15) is 0 Å². The minimum absolute atomic E-state index is 0.121. The summed E-state index contributed by atoms with van der Waals surface area (Å²) < 4.78 is 11.1.